The van der Waals surface area contributed by atoms with E-state index in [4.69, 9.17) is 9.84 Å². The molecule has 0 unspecified atom stereocenters. The molecule has 1 N–H and O–H groups in total. The first-order valence-corrected chi connectivity index (χ1v) is 6.66. The Labute approximate surface area is 118 Å². The highest BCUT2D eigenvalue weighted by atomic mass is 16.5. The maximum absolute atomic E-state index is 11.9. The zero-order valence-corrected chi connectivity index (χ0v) is 11.7. The first-order valence-electron chi connectivity index (χ1n) is 6.66. The molecule has 2 rings (SSSR count). The lowest BCUT2D eigenvalue weighted by molar-refractivity contribution is -0.141. The van der Waals surface area contributed by atoms with Gasteiger partial charge in [0.05, 0.1) is 18.4 Å². The molecule has 1 aliphatic carbocycles. The molecule has 1 saturated carbocycles. The van der Waals surface area contributed by atoms with Gasteiger partial charge in [-0.05, 0) is 31.0 Å². The summed E-state index contributed by atoms with van der Waals surface area (Å²) in [6, 6.07) is 7.71. The Morgan fingerprint density at radius 1 is 1.40 bits per heavy atom. The van der Waals surface area contributed by atoms with Crippen LogP contribution >= 0.6 is 0 Å². The fourth-order valence-electron chi connectivity index (χ4n) is 2.14. The number of carboxylic acid groups (broad SMARTS) is 1. The van der Waals surface area contributed by atoms with E-state index >= 15 is 0 Å². The molecule has 0 saturated heterocycles. The topological polar surface area (TPSA) is 66.8 Å². The molecule has 1 aromatic carbocycles. The van der Waals surface area contributed by atoms with Crippen LogP contribution in [0.1, 0.15) is 12.0 Å². The van der Waals surface area contributed by atoms with E-state index < -0.39 is 11.9 Å². The second kappa shape index (κ2) is 5.94. The van der Waals surface area contributed by atoms with Crippen LogP contribution in [0.15, 0.2) is 24.3 Å². The maximum atomic E-state index is 11.9. The number of aliphatic carboxylic acids is 1. The van der Waals surface area contributed by atoms with Crippen molar-refractivity contribution < 1.29 is 19.4 Å². The molecule has 5 heteroatoms. The normalized spacial score (nSPS) is 20.3. The van der Waals surface area contributed by atoms with Gasteiger partial charge in [0, 0.05) is 7.05 Å². The molecular weight excluding hydrogens is 258 g/mol. The van der Waals surface area contributed by atoms with Crippen LogP contribution < -0.4 is 4.74 Å². The van der Waals surface area contributed by atoms with E-state index in [-0.39, 0.29) is 11.8 Å². The second-order valence-electron chi connectivity index (χ2n) is 5.21. The van der Waals surface area contributed by atoms with Gasteiger partial charge in [-0.3, -0.25) is 9.59 Å². The van der Waals surface area contributed by atoms with Gasteiger partial charge in [0.2, 0.25) is 5.91 Å². The van der Waals surface area contributed by atoms with Crippen molar-refractivity contribution in [1.82, 2.24) is 4.90 Å². The molecule has 1 aromatic rings. The number of hydrogen-bond acceptors (Lipinski definition) is 3. The van der Waals surface area contributed by atoms with Crippen molar-refractivity contribution in [2.45, 2.75) is 13.3 Å². The van der Waals surface area contributed by atoms with E-state index in [1.54, 1.807) is 11.9 Å². The minimum Gasteiger partial charge on any atom is -0.492 e. The standard InChI is InChI=1S/C15H19NO4/c1-10-4-3-5-11(8-10)20-7-6-16(2)14(17)12-9-13(12)15(18)19/h3-5,8,12-13H,6-7,9H2,1-2H3,(H,18,19)/t12-,13+/m1/s1. The molecule has 5 nitrogen and oxygen atoms in total. The van der Waals surface area contributed by atoms with Crippen LogP contribution in [0, 0.1) is 18.8 Å². The van der Waals surface area contributed by atoms with Crippen molar-refractivity contribution >= 4 is 11.9 Å². The molecule has 0 radical (unpaired) electrons. The fourth-order valence-corrected chi connectivity index (χ4v) is 2.14. The number of amides is 1. The van der Waals surface area contributed by atoms with Crippen molar-refractivity contribution in [3.63, 3.8) is 0 Å². The van der Waals surface area contributed by atoms with Crippen LogP contribution in [0.5, 0.6) is 5.75 Å². The molecule has 1 aliphatic rings. The van der Waals surface area contributed by atoms with Crippen molar-refractivity contribution in [1.29, 1.82) is 0 Å². The van der Waals surface area contributed by atoms with Gasteiger partial charge in [-0.1, -0.05) is 12.1 Å². The minimum atomic E-state index is -0.882. The summed E-state index contributed by atoms with van der Waals surface area (Å²) in [5.74, 6) is -1.06. The summed E-state index contributed by atoms with van der Waals surface area (Å²) in [6.07, 6.45) is 0.456. The predicted octanol–water partition coefficient (Wildman–Crippen LogP) is 1.55. The van der Waals surface area contributed by atoms with Gasteiger partial charge in [0.25, 0.3) is 0 Å². The van der Waals surface area contributed by atoms with Crippen LogP contribution in [-0.4, -0.2) is 42.1 Å². The number of ether oxygens (including phenoxy) is 1. The summed E-state index contributed by atoms with van der Waals surface area (Å²) < 4.78 is 5.57. The highest BCUT2D eigenvalue weighted by molar-refractivity contribution is 5.89. The van der Waals surface area contributed by atoms with E-state index in [0.29, 0.717) is 19.6 Å². The summed E-state index contributed by atoms with van der Waals surface area (Å²) in [6.45, 7) is 2.84. The number of carbonyl (C=O) groups excluding carboxylic acids is 1. The van der Waals surface area contributed by atoms with E-state index in [2.05, 4.69) is 0 Å². The Kier molecular flexibility index (Phi) is 4.27. The van der Waals surface area contributed by atoms with E-state index in [1.807, 2.05) is 31.2 Å². The smallest absolute Gasteiger partial charge is 0.307 e. The minimum absolute atomic E-state index is 0.106. The second-order valence-corrected chi connectivity index (χ2v) is 5.21. The number of carboxylic acids is 1. The van der Waals surface area contributed by atoms with Crippen LogP contribution in [0.2, 0.25) is 0 Å². The average Bonchev–Trinajstić information content (AvgIpc) is 3.18. The molecule has 0 heterocycles. The lowest BCUT2D eigenvalue weighted by Crippen LogP contribution is -2.32. The Morgan fingerprint density at radius 2 is 2.15 bits per heavy atom. The Balaban J connectivity index is 1.74. The molecule has 0 aliphatic heterocycles. The molecule has 20 heavy (non-hydrogen) atoms. The van der Waals surface area contributed by atoms with Gasteiger partial charge in [-0.25, -0.2) is 0 Å². The van der Waals surface area contributed by atoms with E-state index in [1.165, 1.54) is 0 Å². The Morgan fingerprint density at radius 3 is 2.75 bits per heavy atom. The number of carbonyl (C=O) groups is 2. The number of nitrogens with zero attached hydrogens (tertiary/aromatic N) is 1. The van der Waals surface area contributed by atoms with E-state index in [0.717, 1.165) is 11.3 Å². The first-order chi connectivity index (χ1) is 9.49. The molecule has 0 aromatic heterocycles. The summed E-state index contributed by atoms with van der Waals surface area (Å²) >= 11 is 0. The number of aryl methyl sites for hydroxylation is 1. The van der Waals surface area contributed by atoms with Crippen LogP contribution in [0.3, 0.4) is 0 Å². The van der Waals surface area contributed by atoms with Crippen LogP contribution in [-0.2, 0) is 9.59 Å². The number of benzene rings is 1. The van der Waals surface area contributed by atoms with Gasteiger partial charge in [0.15, 0.2) is 0 Å². The first kappa shape index (κ1) is 14.4. The number of hydrogen-bond donors (Lipinski definition) is 1. The molecule has 1 fully saturated rings. The molecule has 108 valence electrons. The molecule has 1 amide bonds. The fraction of sp³-hybridized carbons (Fsp3) is 0.467. The summed E-state index contributed by atoms with van der Waals surface area (Å²) in [4.78, 5) is 24.2. The predicted molar refractivity (Wildman–Crippen MR) is 73.5 cm³/mol. The van der Waals surface area contributed by atoms with Crippen LogP contribution in [0.4, 0.5) is 0 Å². The van der Waals surface area contributed by atoms with Gasteiger partial charge >= 0.3 is 5.97 Å². The lowest BCUT2D eigenvalue weighted by Gasteiger charge is -2.17. The van der Waals surface area contributed by atoms with Crippen LogP contribution in [0.25, 0.3) is 0 Å². The van der Waals surface area contributed by atoms with Crippen molar-refractivity contribution in [3.8, 4) is 5.75 Å². The van der Waals surface area contributed by atoms with Crippen molar-refractivity contribution in [2.24, 2.45) is 11.8 Å². The van der Waals surface area contributed by atoms with Crippen molar-refractivity contribution in [3.05, 3.63) is 29.8 Å². The van der Waals surface area contributed by atoms with Crippen molar-refractivity contribution in [2.75, 3.05) is 20.2 Å². The third-order valence-corrected chi connectivity index (χ3v) is 3.49. The molecular formula is C15H19NO4. The third kappa shape index (κ3) is 3.50. The third-order valence-electron chi connectivity index (χ3n) is 3.49. The van der Waals surface area contributed by atoms with E-state index in [9.17, 15) is 9.59 Å². The largest absolute Gasteiger partial charge is 0.492 e. The van der Waals surface area contributed by atoms with Gasteiger partial charge in [0.1, 0.15) is 12.4 Å². The molecule has 2 atom stereocenters. The Bertz CT molecular complexity index is 514. The number of likely N-dealkylation sites (N-methyl/N-ethyl adjacent to an activating group) is 1. The van der Waals surface area contributed by atoms with Gasteiger partial charge in [-0.2, -0.15) is 0 Å². The number of rotatable bonds is 6. The summed E-state index contributed by atoms with van der Waals surface area (Å²) in [7, 11) is 1.68. The average molecular weight is 277 g/mol. The van der Waals surface area contributed by atoms with Gasteiger partial charge < -0.3 is 14.7 Å². The highest BCUT2D eigenvalue weighted by Gasteiger charge is 2.49. The lowest BCUT2D eigenvalue weighted by atomic mass is 10.2. The Hall–Kier alpha value is -2.04. The molecule has 0 bridgehead atoms. The van der Waals surface area contributed by atoms with Gasteiger partial charge in [-0.15, -0.1) is 0 Å². The zero-order chi connectivity index (χ0) is 14.7. The quantitative estimate of drug-likeness (QED) is 0.856. The monoisotopic (exact) mass is 277 g/mol. The maximum Gasteiger partial charge on any atom is 0.307 e. The zero-order valence-electron chi connectivity index (χ0n) is 11.7. The highest BCUT2D eigenvalue weighted by Crippen LogP contribution is 2.39. The summed E-state index contributed by atoms with van der Waals surface area (Å²) in [5, 5.41) is 8.81. The molecule has 0 spiro atoms. The SMILES string of the molecule is Cc1cccc(OCCN(C)C(=O)[C@@H]2C[C@@H]2C(=O)O)c1. The summed E-state index contributed by atoms with van der Waals surface area (Å²) in [5.41, 5.74) is 1.12.